The van der Waals surface area contributed by atoms with E-state index in [1.54, 1.807) is 35.6 Å². The Morgan fingerprint density at radius 1 is 1.00 bits per heavy atom. The van der Waals surface area contributed by atoms with Crippen LogP contribution < -0.4 is 4.90 Å². The predicted molar refractivity (Wildman–Crippen MR) is 104 cm³/mol. The van der Waals surface area contributed by atoms with Gasteiger partial charge < -0.3 is 9.47 Å². The van der Waals surface area contributed by atoms with Crippen molar-refractivity contribution in [2.24, 2.45) is 0 Å². The number of carbonyl (C=O) groups is 1. The van der Waals surface area contributed by atoms with E-state index in [-0.39, 0.29) is 5.91 Å². The lowest BCUT2D eigenvalue weighted by atomic mass is 10.1. The van der Waals surface area contributed by atoms with Crippen LogP contribution in [0.25, 0.3) is 0 Å². The molecule has 0 unspecified atom stereocenters. The number of rotatable bonds is 3. The van der Waals surface area contributed by atoms with Crippen LogP contribution in [0.4, 0.5) is 11.4 Å². The Kier molecular flexibility index (Phi) is 4.35. The van der Waals surface area contributed by atoms with Crippen LogP contribution >= 0.6 is 11.8 Å². The number of benzene rings is 1. The molecule has 1 aromatic carbocycles. The molecule has 0 N–H and O–H groups in total. The molecule has 1 saturated heterocycles. The highest BCUT2D eigenvalue weighted by Crippen LogP contribution is 2.49. The monoisotopic (exact) mass is 391 g/mol. The Labute approximate surface area is 166 Å². The minimum absolute atomic E-state index is 0.228. The summed E-state index contributed by atoms with van der Waals surface area (Å²) in [6, 6.07) is 15.3. The SMILES string of the molecule is O=C1N(c2ccncc2)c2ccc(Sc3ccccn3)cc2C12OCCCO2. The van der Waals surface area contributed by atoms with Gasteiger partial charge in [-0.05, 0) is 48.9 Å². The number of amides is 1. The van der Waals surface area contributed by atoms with Crippen LogP contribution in [-0.4, -0.2) is 29.1 Å². The molecule has 0 radical (unpaired) electrons. The zero-order chi connectivity index (χ0) is 19.0. The minimum Gasteiger partial charge on any atom is -0.338 e. The second kappa shape index (κ2) is 7.01. The van der Waals surface area contributed by atoms with E-state index in [9.17, 15) is 4.79 Å². The predicted octanol–water partition coefficient (Wildman–Crippen LogP) is 3.90. The normalized spacial score (nSPS) is 17.7. The number of ether oxygens (including phenoxy) is 2. The van der Waals surface area contributed by atoms with Crippen LogP contribution in [0.1, 0.15) is 12.0 Å². The van der Waals surface area contributed by atoms with Gasteiger partial charge in [0.2, 0.25) is 0 Å². The highest BCUT2D eigenvalue weighted by Gasteiger charge is 2.55. The van der Waals surface area contributed by atoms with Crippen LogP contribution in [0.3, 0.4) is 0 Å². The van der Waals surface area contributed by atoms with Crippen molar-refractivity contribution in [1.82, 2.24) is 9.97 Å². The second-order valence-electron chi connectivity index (χ2n) is 6.46. The molecule has 1 spiro atoms. The fraction of sp³-hybridized carbons (Fsp3) is 0.190. The third-order valence-electron chi connectivity index (χ3n) is 4.73. The molecule has 28 heavy (non-hydrogen) atoms. The third-order valence-corrected chi connectivity index (χ3v) is 5.67. The number of aromatic nitrogens is 2. The maximum absolute atomic E-state index is 13.4. The quantitative estimate of drug-likeness (QED) is 0.675. The molecule has 0 aliphatic carbocycles. The van der Waals surface area contributed by atoms with Crippen LogP contribution in [-0.2, 0) is 20.1 Å². The van der Waals surface area contributed by atoms with E-state index in [0.29, 0.717) is 13.2 Å². The summed E-state index contributed by atoms with van der Waals surface area (Å²) in [6.45, 7) is 0.958. The maximum Gasteiger partial charge on any atom is 0.297 e. The van der Waals surface area contributed by atoms with Gasteiger partial charge in [-0.2, -0.15) is 0 Å². The molecule has 6 nitrogen and oxygen atoms in total. The van der Waals surface area contributed by atoms with E-state index >= 15 is 0 Å². The molecule has 7 heteroatoms. The Balaban J connectivity index is 1.61. The highest BCUT2D eigenvalue weighted by molar-refractivity contribution is 7.99. The number of anilines is 2. The zero-order valence-corrected chi connectivity index (χ0v) is 15.8. The van der Waals surface area contributed by atoms with Crippen molar-refractivity contribution in [2.45, 2.75) is 22.1 Å². The minimum atomic E-state index is -1.39. The van der Waals surface area contributed by atoms with E-state index in [0.717, 1.165) is 33.3 Å². The molecule has 0 saturated carbocycles. The van der Waals surface area contributed by atoms with E-state index < -0.39 is 5.79 Å². The first-order valence-corrected chi connectivity index (χ1v) is 9.85. The number of fused-ring (bicyclic) bond motifs is 2. The molecule has 0 atom stereocenters. The first-order valence-electron chi connectivity index (χ1n) is 9.04. The van der Waals surface area contributed by atoms with Crippen molar-refractivity contribution < 1.29 is 14.3 Å². The van der Waals surface area contributed by atoms with Gasteiger partial charge in [0.25, 0.3) is 11.7 Å². The first kappa shape index (κ1) is 17.4. The van der Waals surface area contributed by atoms with Gasteiger partial charge in [0.15, 0.2) is 0 Å². The smallest absolute Gasteiger partial charge is 0.297 e. The van der Waals surface area contributed by atoms with Crippen LogP contribution in [0.15, 0.2) is 77.0 Å². The molecule has 140 valence electrons. The average Bonchev–Trinajstić information content (AvgIpc) is 2.98. The summed E-state index contributed by atoms with van der Waals surface area (Å²) in [6.07, 6.45) is 5.86. The van der Waals surface area contributed by atoms with E-state index in [1.165, 1.54) is 11.8 Å². The van der Waals surface area contributed by atoms with E-state index in [1.807, 2.05) is 36.4 Å². The second-order valence-corrected chi connectivity index (χ2v) is 7.56. The fourth-order valence-corrected chi connectivity index (χ4v) is 4.31. The molecule has 3 aromatic rings. The molecule has 1 fully saturated rings. The molecule has 2 aliphatic rings. The Hall–Kier alpha value is -2.74. The van der Waals surface area contributed by atoms with Crippen molar-refractivity contribution in [3.63, 3.8) is 0 Å². The van der Waals surface area contributed by atoms with Crippen LogP contribution in [0.5, 0.6) is 0 Å². The highest BCUT2D eigenvalue weighted by atomic mass is 32.2. The van der Waals surface area contributed by atoms with Gasteiger partial charge in [-0.15, -0.1) is 0 Å². The average molecular weight is 391 g/mol. The van der Waals surface area contributed by atoms with Gasteiger partial charge in [-0.3, -0.25) is 14.7 Å². The van der Waals surface area contributed by atoms with Crippen LogP contribution in [0, 0.1) is 0 Å². The lowest BCUT2D eigenvalue weighted by Crippen LogP contribution is -2.46. The van der Waals surface area contributed by atoms with Crippen molar-refractivity contribution in [1.29, 1.82) is 0 Å². The van der Waals surface area contributed by atoms with Crippen molar-refractivity contribution in [2.75, 3.05) is 18.1 Å². The molecule has 4 heterocycles. The number of carbonyl (C=O) groups excluding carboxylic acids is 1. The van der Waals surface area contributed by atoms with Gasteiger partial charge in [0.1, 0.15) is 5.03 Å². The summed E-state index contributed by atoms with van der Waals surface area (Å²) in [4.78, 5) is 24.5. The molecular weight excluding hydrogens is 374 g/mol. The van der Waals surface area contributed by atoms with Gasteiger partial charge in [-0.1, -0.05) is 17.8 Å². The summed E-state index contributed by atoms with van der Waals surface area (Å²) in [5.74, 6) is -1.62. The maximum atomic E-state index is 13.4. The van der Waals surface area contributed by atoms with Crippen molar-refractivity contribution in [3.05, 3.63) is 72.7 Å². The number of hydrogen-bond acceptors (Lipinski definition) is 6. The Morgan fingerprint density at radius 3 is 2.57 bits per heavy atom. The fourth-order valence-electron chi connectivity index (χ4n) is 3.50. The number of hydrogen-bond donors (Lipinski definition) is 0. The third kappa shape index (κ3) is 2.79. The zero-order valence-electron chi connectivity index (χ0n) is 14.9. The van der Waals surface area contributed by atoms with Gasteiger partial charge in [-0.25, -0.2) is 4.98 Å². The van der Waals surface area contributed by atoms with Gasteiger partial charge in [0.05, 0.1) is 24.6 Å². The summed E-state index contributed by atoms with van der Waals surface area (Å²) < 4.78 is 11.9. The lowest BCUT2D eigenvalue weighted by Gasteiger charge is -2.32. The van der Waals surface area contributed by atoms with E-state index in [4.69, 9.17) is 9.47 Å². The van der Waals surface area contributed by atoms with Crippen molar-refractivity contribution in [3.8, 4) is 0 Å². The summed E-state index contributed by atoms with van der Waals surface area (Å²) in [5.41, 5.74) is 2.24. The topological polar surface area (TPSA) is 64.6 Å². The van der Waals surface area contributed by atoms with E-state index in [2.05, 4.69) is 9.97 Å². The first-order chi connectivity index (χ1) is 13.8. The van der Waals surface area contributed by atoms with Crippen molar-refractivity contribution >= 4 is 29.0 Å². The summed E-state index contributed by atoms with van der Waals surface area (Å²) in [5, 5.41) is 0.886. The lowest BCUT2D eigenvalue weighted by molar-refractivity contribution is -0.256. The number of pyridine rings is 2. The molecule has 0 bridgehead atoms. The molecule has 2 aromatic heterocycles. The van der Waals surface area contributed by atoms with Crippen LogP contribution in [0.2, 0.25) is 0 Å². The Bertz CT molecular complexity index is 1010. The van der Waals surface area contributed by atoms with Gasteiger partial charge in [0, 0.05) is 29.0 Å². The van der Waals surface area contributed by atoms with Gasteiger partial charge >= 0.3 is 0 Å². The Morgan fingerprint density at radius 2 is 1.82 bits per heavy atom. The molecule has 5 rings (SSSR count). The summed E-state index contributed by atoms with van der Waals surface area (Å²) in [7, 11) is 0. The largest absolute Gasteiger partial charge is 0.338 e. The standard InChI is InChI=1S/C21H17N3O3S/c25-20-21(26-12-3-13-27-21)17-14-16(28-19-4-1-2-9-23-19)5-6-18(17)24(20)15-7-10-22-11-8-15/h1-2,4-11,14H,3,12-13H2. The molecular formula is C21H17N3O3S. The number of nitrogens with zero attached hydrogens (tertiary/aromatic N) is 3. The summed E-state index contributed by atoms with van der Waals surface area (Å²) >= 11 is 1.54. The molecule has 2 aliphatic heterocycles. The molecule has 1 amide bonds.